The molecule has 2 fully saturated rings. The number of alkyl halides is 1. The average molecular weight is 237 g/mol. The van der Waals surface area contributed by atoms with Gasteiger partial charge in [-0.1, -0.05) is 6.42 Å². The Hall–Kier alpha value is -0.760. The summed E-state index contributed by atoms with van der Waals surface area (Å²) in [5.74, 6) is 2.43. The Bertz CT molecular complexity index is 368. The number of hydrogen-bond acceptors (Lipinski definition) is 2. The number of pyridine rings is 1. The largest absolute Gasteiger partial charge is 0.369 e. The smallest absolute Gasteiger partial charge is 0.0597 e. The van der Waals surface area contributed by atoms with Gasteiger partial charge in [-0.25, -0.2) is 0 Å². The Morgan fingerprint density at radius 2 is 2.06 bits per heavy atom. The van der Waals surface area contributed by atoms with Crippen molar-refractivity contribution < 1.29 is 0 Å². The minimum atomic E-state index is 0.587. The van der Waals surface area contributed by atoms with E-state index < -0.39 is 0 Å². The molecule has 1 aliphatic heterocycles. The number of halogens is 1. The van der Waals surface area contributed by atoms with Crippen molar-refractivity contribution in [2.75, 3.05) is 18.0 Å². The zero-order valence-electron chi connectivity index (χ0n) is 9.40. The molecular formula is C13H17ClN2. The van der Waals surface area contributed by atoms with Crippen molar-refractivity contribution in [2.45, 2.75) is 25.1 Å². The molecule has 2 aliphatic rings. The zero-order valence-corrected chi connectivity index (χ0v) is 10.2. The number of hydrogen-bond donors (Lipinski definition) is 0. The van der Waals surface area contributed by atoms with Crippen LogP contribution in [0.4, 0.5) is 5.69 Å². The van der Waals surface area contributed by atoms with Crippen LogP contribution in [0.15, 0.2) is 18.5 Å². The van der Waals surface area contributed by atoms with Crippen molar-refractivity contribution in [1.29, 1.82) is 0 Å². The first-order valence-corrected chi connectivity index (χ1v) is 6.65. The second-order valence-electron chi connectivity index (χ2n) is 4.99. The summed E-state index contributed by atoms with van der Waals surface area (Å²) in [6, 6.07) is 2.04. The summed E-state index contributed by atoms with van der Waals surface area (Å²) >= 11 is 5.98. The highest BCUT2D eigenvalue weighted by molar-refractivity contribution is 6.17. The fourth-order valence-electron chi connectivity index (χ4n) is 3.24. The molecular weight excluding hydrogens is 220 g/mol. The van der Waals surface area contributed by atoms with Gasteiger partial charge in [0.25, 0.3) is 0 Å². The van der Waals surface area contributed by atoms with Gasteiger partial charge in [0.1, 0.15) is 0 Å². The lowest BCUT2D eigenvalue weighted by atomic mass is 10.0. The van der Waals surface area contributed by atoms with E-state index >= 15 is 0 Å². The first-order valence-electron chi connectivity index (χ1n) is 6.12. The summed E-state index contributed by atoms with van der Waals surface area (Å²) in [5.41, 5.74) is 2.48. The molecule has 0 bridgehead atoms. The molecule has 1 saturated carbocycles. The van der Waals surface area contributed by atoms with E-state index in [4.69, 9.17) is 11.6 Å². The van der Waals surface area contributed by atoms with Gasteiger partial charge < -0.3 is 4.90 Å². The van der Waals surface area contributed by atoms with E-state index in [1.54, 1.807) is 0 Å². The second-order valence-corrected chi connectivity index (χ2v) is 5.26. The Balaban J connectivity index is 1.83. The fourth-order valence-corrected chi connectivity index (χ4v) is 3.47. The molecule has 1 aliphatic carbocycles. The van der Waals surface area contributed by atoms with Crippen LogP contribution < -0.4 is 4.90 Å². The maximum absolute atomic E-state index is 5.98. The van der Waals surface area contributed by atoms with E-state index in [9.17, 15) is 0 Å². The van der Waals surface area contributed by atoms with Gasteiger partial charge in [-0.3, -0.25) is 4.98 Å². The zero-order chi connectivity index (χ0) is 11.0. The number of anilines is 1. The van der Waals surface area contributed by atoms with Crippen LogP contribution in [-0.4, -0.2) is 18.1 Å². The first-order chi connectivity index (χ1) is 7.88. The van der Waals surface area contributed by atoms with Gasteiger partial charge in [0.05, 0.1) is 11.9 Å². The lowest BCUT2D eigenvalue weighted by Crippen LogP contribution is -2.22. The van der Waals surface area contributed by atoms with Crippen molar-refractivity contribution >= 4 is 17.3 Å². The van der Waals surface area contributed by atoms with Crippen molar-refractivity contribution in [3.05, 3.63) is 24.0 Å². The topological polar surface area (TPSA) is 16.1 Å². The van der Waals surface area contributed by atoms with Gasteiger partial charge >= 0.3 is 0 Å². The molecule has 3 heteroatoms. The molecule has 3 rings (SSSR count). The normalized spacial score (nSPS) is 28.4. The summed E-state index contributed by atoms with van der Waals surface area (Å²) in [6.07, 6.45) is 8.06. The Morgan fingerprint density at radius 3 is 2.75 bits per heavy atom. The Labute approximate surface area is 102 Å². The van der Waals surface area contributed by atoms with Crippen LogP contribution in [0.5, 0.6) is 0 Å². The van der Waals surface area contributed by atoms with E-state index in [0.717, 1.165) is 11.8 Å². The van der Waals surface area contributed by atoms with Crippen molar-refractivity contribution in [3.8, 4) is 0 Å². The number of fused-ring (bicyclic) bond motifs is 1. The third kappa shape index (κ3) is 1.69. The summed E-state index contributed by atoms with van der Waals surface area (Å²) < 4.78 is 0. The second kappa shape index (κ2) is 4.25. The highest BCUT2D eigenvalue weighted by Crippen LogP contribution is 2.40. The van der Waals surface area contributed by atoms with Gasteiger partial charge in [0.2, 0.25) is 0 Å². The number of nitrogens with zero attached hydrogens (tertiary/aromatic N) is 2. The highest BCUT2D eigenvalue weighted by Gasteiger charge is 2.36. The lowest BCUT2D eigenvalue weighted by Gasteiger charge is -2.21. The van der Waals surface area contributed by atoms with Gasteiger partial charge in [-0.15, -0.1) is 11.6 Å². The third-order valence-corrected chi connectivity index (χ3v) is 4.39. The molecule has 0 amide bonds. The minimum absolute atomic E-state index is 0.587. The molecule has 16 heavy (non-hydrogen) atoms. The first kappa shape index (κ1) is 10.4. The summed E-state index contributed by atoms with van der Waals surface area (Å²) in [6.45, 7) is 2.42. The van der Waals surface area contributed by atoms with Gasteiger partial charge in [0, 0.05) is 25.2 Å². The Morgan fingerprint density at radius 1 is 1.31 bits per heavy atom. The van der Waals surface area contributed by atoms with Gasteiger partial charge in [0.15, 0.2) is 0 Å². The number of aromatic nitrogens is 1. The molecule has 0 spiro atoms. The van der Waals surface area contributed by atoms with Crippen molar-refractivity contribution in [1.82, 2.24) is 4.98 Å². The molecule has 0 radical (unpaired) electrons. The van der Waals surface area contributed by atoms with Crippen LogP contribution >= 0.6 is 11.6 Å². The maximum Gasteiger partial charge on any atom is 0.0597 e. The predicted octanol–water partition coefficient (Wildman–Crippen LogP) is 3.06. The monoisotopic (exact) mass is 236 g/mol. The van der Waals surface area contributed by atoms with E-state index in [0.29, 0.717) is 5.88 Å². The molecule has 1 aromatic heterocycles. The average Bonchev–Trinajstić information content (AvgIpc) is 2.89. The molecule has 0 N–H and O–H groups in total. The van der Waals surface area contributed by atoms with Gasteiger partial charge in [-0.05, 0) is 36.3 Å². The van der Waals surface area contributed by atoms with Crippen molar-refractivity contribution in [3.63, 3.8) is 0 Å². The molecule has 2 atom stereocenters. The third-order valence-electron chi connectivity index (χ3n) is 4.10. The SMILES string of the molecule is ClCc1ccncc1N1CC2CCCC2C1. The fraction of sp³-hybridized carbons (Fsp3) is 0.615. The quantitative estimate of drug-likeness (QED) is 0.734. The predicted molar refractivity (Wildman–Crippen MR) is 66.8 cm³/mol. The van der Waals surface area contributed by atoms with E-state index in [2.05, 4.69) is 9.88 Å². The van der Waals surface area contributed by atoms with E-state index in [1.807, 2.05) is 18.5 Å². The van der Waals surface area contributed by atoms with Gasteiger partial charge in [-0.2, -0.15) is 0 Å². The Kier molecular flexibility index (Phi) is 2.76. The summed E-state index contributed by atoms with van der Waals surface area (Å²) in [7, 11) is 0. The van der Waals surface area contributed by atoms with Crippen molar-refractivity contribution in [2.24, 2.45) is 11.8 Å². The molecule has 0 aromatic carbocycles. The summed E-state index contributed by atoms with van der Waals surface area (Å²) in [4.78, 5) is 6.72. The molecule has 1 saturated heterocycles. The van der Waals surface area contributed by atoms with Crippen LogP contribution in [0.25, 0.3) is 0 Å². The standard InChI is InChI=1S/C13H17ClN2/c14-6-10-4-5-15-7-13(10)16-8-11-2-1-3-12(11)9-16/h4-5,7,11-12H,1-3,6,8-9H2. The highest BCUT2D eigenvalue weighted by atomic mass is 35.5. The molecule has 86 valence electrons. The lowest BCUT2D eigenvalue weighted by molar-refractivity contribution is 0.494. The van der Waals surface area contributed by atoms with Crippen LogP contribution in [-0.2, 0) is 5.88 Å². The minimum Gasteiger partial charge on any atom is -0.369 e. The molecule has 2 nitrogen and oxygen atoms in total. The molecule has 2 heterocycles. The summed E-state index contributed by atoms with van der Waals surface area (Å²) in [5, 5.41) is 0. The van der Waals surface area contributed by atoms with Crippen LogP contribution in [0.1, 0.15) is 24.8 Å². The maximum atomic E-state index is 5.98. The van der Waals surface area contributed by atoms with Crippen LogP contribution in [0, 0.1) is 11.8 Å². The van der Waals surface area contributed by atoms with Crippen LogP contribution in [0.2, 0.25) is 0 Å². The molecule has 1 aromatic rings. The number of rotatable bonds is 2. The van der Waals surface area contributed by atoms with Crippen LogP contribution in [0.3, 0.4) is 0 Å². The van der Waals surface area contributed by atoms with E-state index in [-0.39, 0.29) is 0 Å². The molecule has 2 unspecified atom stereocenters. The van der Waals surface area contributed by atoms with E-state index in [1.165, 1.54) is 43.6 Å².